The van der Waals surface area contributed by atoms with Crippen LogP contribution in [0.1, 0.15) is 12.5 Å². The predicted molar refractivity (Wildman–Crippen MR) is 73.9 cm³/mol. The van der Waals surface area contributed by atoms with Crippen LogP contribution in [0, 0.1) is 0 Å². The second kappa shape index (κ2) is 6.01. The Kier molecular flexibility index (Phi) is 4.36. The van der Waals surface area contributed by atoms with Crippen molar-refractivity contribution in [3.05, 3.63) is 23.8 Å². The first kappa shape index (κ1) is 13.8. The van der Waals surface area contributed by atoms with E-state index < -0.39 is 6.10 Å². The summed E-state index contributed by atoms with van der Waals surface area (Å²) in [6.07, 6.45) is -0.445. The summed E-state index contributed by atoms with van der Waals surface area (Å²) in [7, 11) is 0. The van der Waals surface area contributed by atoms with Gasteiger partial charge >= 0.3 is 0 Å². The van der Waals surface area contributed by atoms with E-state index in [4.69, 9.17) is 16.2 Å². The zero-order chi connectivity index (χ0) is 13.8. The smallest absolute Gasteiger partial charge is 0.265 e. The van der Waals surface area contributed by atoms with Crippen LogP contribution in [0.4, 0.5) is 5.69 Å². The minimum absolute atomic E-state index is 0.0403. The molecule has 6 heteroatoms. The Bertz CT molecular complexity index is 464. The van der Waals surface area contributed by atoms with Gasteiger partial charge < -0.3 is 26.8 Å². The van der Waals surface area contributed by atoms with E-state index in [2.05, 4.69) is 10.6 Å². The number of amides is 1. The van der Waals surface area contributed by atoms with Crippen molar-refractivity contribution in [1.82, 2.24) is 5.32 Å². The summed E-state index contributed by atoms with van der Waals surface area (Å²) >= 11 is 0. The molecular weight excluding hydrogens is 244 g/mol. The molecule has 0 fully saturated rings. The zero-order valence-electron chi connectivity index (χ0n) is 11.0. The van der Waals surface area contributed by atoms with E-state index in [1.54, 1.807) is 6.92 Å². The van der Waals surface area contributed by atoms with Gasteiger partial charge in [-0.25, -0.2) is 0 Å². The number of carbonyl (C=O) groups is 1. The average molecular weight is 264 g/mol. The first-order valence-electron chi connectivity index (χ1n) is 6.37. The Labute approximate surface area is 112 Å². The molecule has 0 radical (unpaired) electrons. The van der Waals surface area contributed by atoms with E-state index in [1.807, 2.05) is 18.2 Å². The number of carbonyl (C=O) groups excluding carboxylic acids is 1. The van der Waals surface area contributed by atoms with Crippen molar-refractivity contribution in [1.29, 1.82) is 0 Å². The fourth-order valence-electron chi connectivity index (χ4n) is 1.85. The molecule has 1 aromatic carbocycles. The second-order valence-electron chi connectivity index (χ2n) is 4.71. The molecule has 0 saturated carbocycles. The van der Waals surface area contributed by atoms with E-state index in [9.17, 15) is 4.79 Å². The fourth-order valence-corrected chi connectivity index (χ4v) is 1.85. The van der Waals surface area contributed by atoms with Crippen molar-refractivity contribution >= 4 is 11.6 Å². The standard InChI is InChI=1S/C13H20N4O2/c1-8-13(18)17-11-4-9(2-3-12(11)19-8)6-16-7-10(15)5-14/h2-4,8,10,16H,5-7,14-15H2,1H3,(H,17,18). The van der Waals surface area contributed by atoms with Crippen molar-refractivity contribution in [2.75, 3.05) is 18.4 Å². The summed E-state index contributed by atoms with van der Waals surface area (Å²) < 4.78 is 5.49. The van der Waals surface area contributed by atoms with Gasteiger partial charge in [-0.3, -0.25) is 4.79 Å². The SMILES string of the molecule is CC1Oc2ccc(CNCC(N)CN)cc2NC1=O. The minimum atomic E-state index is -0.445. The average Bonchev–Trinajstić information content (AvgIpc) is 2.40. The van der Waals surface area contributed by atoms with Crippen LogP contribution >= 0.6 is 0 Å². The summed E-state index contributed by atoms with van der Waals surface area (Å²) in [4.78, 5) is 11.5. The normalized spacial score (nSPS) is 19.3. The van der Waals surface area contributed by atoms with E-state index in [-0.39, 0.29) is 11.9 Å². The van der Waals surface area contributed by atoms with Crippen molar-refractivity contribution in [2.45, 2.75) is 25.6 Å². The fraction of sp³-hybridized carbons (Fsp3) is 0.462. The number of ether oxygens (including phenoxy) is 1. The maximum absolute atomic E-state index is 11.5. The van der Waals surface area contributed by atoms with E-state index in [0.717, 1.165) is 5.56 Å². The molecule has 0 aromatic heterocycles. The van der Waals surface area contributed by atoms with Crippen molar-refractivity contribution in [3.8, 4) is 5.75 Å². The molecule has 104 valence electrons. The summed E-state index contributed by atoms with van der Waals surface area (Å²) in [6, 6.07) is 5.69. The number of rotatable bonds is 5. The molecule has 2 atom stereocenters. The Morgan fingerprint density at radius 2 is 2.32 bits per heavy atom. The molecule has 0 aliphatic carbocycles. The Morgan fingerprint density at radius 3 is 3.05 bits per heavy atom. The lowest BCUT2D eigenvalue weighted by Crippen LogP contribution is -2.39. The molecule has 1 aliphatic rings. The largest absolute Gasteiger partial charge is 0.479 e. The number of nitrogens with one attached hydrogen (secondary N) is 2. The number of nitrogens with two attached hydrogens (primary N) is 2. The molecule has 6 N–H and O–H groups in total. The number of fused-ring (bicyclic) bond motifs is 1. The van der Waals surface area contributed by atoms with Crippen molar-refractivity contribution in [2.24, 2.45) is 11.5 Å². The highest BCUT2D eigenvalue weighted by Gasteiger charge is 2.23. The quantitative estimate of drug-likeness (QED) is 0.589. The highest BCUT2D eigenvalue weighted by atomic mass is 16.5. The number of hydrogen-bond donors (Lipinski definition) is 4. The summed E-state index contributed by atoms with van der Waals surface area (Å²) in [5, 5.41) is 6.04. The van der Waals surface area contributed by atoms with Gasteiger partial charge in [0.2, 0.25) is 0 Å². The highest BCUT2D eigenvalue weighted by molar-refractivity contribution is 5.97. The van der Waals surface area contributed by atoms with E-state index in [0.29, 0.717) is 31.1 Å². The van der Waals surface area contributed by atoms with E-state index >= 15 is 0 Å². The molecule has 2 rings (SSSR count). The maximum atomic E-state index is 11.5. The first-order valence-corrected chi connectivity index (χ1v) is 6.37. The first-order chi connectivity index (χ1) is 9.10. The Morgan fingerprint density at radius 1 is 1.53 bits per heavy atom. The van der Waals surface area contributed by atoms with Crippen molar-refractivity contribution < 1.29 is 9.53 Å². The summed E-state index contributed by atoms with van der Waals surface area (Å²) in [5.74, 6) is 0.581. The van der Waals surface area contributed by atoms with Gasteiger partial charge in [-0.2, -0.15) is 0 Å². The highest BCUT2D eigenvalue weighted by Crippen LogP contribution is 2.30. The monoisotopic (exact) mass is 264 g/mol. The third-order valence-corrected chi connectivity index (χ3v) is 3.01. The van der Waals surface area contributed by atoms with Crippen LogP contribution in [0.3, 0.4) is 0 Å². The third kappa shape index (κ3) is 3.44. The molecular formula is C13H20N4O2. The van der Waals surface area contributed by atoms with Gasteiger partial charge in [0.25, 0.3) is 5.91 Å². The summed E-state index contributed by atoms with van der Waals surface area (Å²) in [6.45, 7) is 3.51. The van der Waals surface area contributed by atoms with Crippen LogP contribution in [0.5, 0.6) is 5.75 Å². The molecule has 0 spiro atoms. The third-order valence-electron chi connectivity index (χ3n) is 3.01. The molecule has 19 heavy (non-hydrogen) atoms. The zero-order valence-corrected chi connectivity index (χ0v) is 11.0. The maximum Gasteiger partial charge on any atom is 0.265 e. The lowest BCUT2D eigenvalue weighted by molar-refractivity contribution is -0.122. The van der Waals surface area contributed by atoms with Gasteiger partial charge in [-0.1, -0.05) is 6.07 Å². The van der Waals surface area contributed by atoms with Crippen LogP contribution in [0.15, 0.2) is 18.2 Å². The predicted octanol–water partition coefficient (Wildman–Crippen LogP) is -0.218. The molecule has 1 aromatic rings. The molecule has 1 heterocycles. The topological polar surface area (TPSA) is 102 Å². The summed E-state index contributed by atoms with van der Waals surface area (Å²) in [5.41, 5.74) is 12.9. The van der Waals surface area contributed by atoms with Gasteiger partial charge in [0, 0.05) is 25.7 Å². The van der Waals surface area contributed by atoms with E-state index in [1.165, 1.54) is 0 Å². The Balaban J connectivity index is 1.97. The lowest BCUT2D eigenvalue weighted by Gasteiger charge is -2.23. The van der Waals surface area contributed by atoms with Crippen molar-refractivity contribution in [3.63, 3.8) is 0 Å². The number of anilines is 1. The Hall–Kier alpha value is -1.63. The lowest BCUT2D eigenvalue weighted by atomic mass is 10.1. The van der Waals surface area contributed by atoms with Gasteiger partial charge in [0.1, 0.15) is 5.75 Å². The molecule has 1 aliphatic heterocycles. The van der Waals surface area contributed by atoms with Gasteiger partial charge in [-0.05, 0) is 24.6 Å². The van der Waals surface area contributed by atoms with Gasteiger partial charge in [0.05, 0.1) is 5.69 Å². The van der Waals surface area contributed by atoms with Crippen LogP contribution in [0.25, 0.3) is 0 Å². The molecule has 1 amide bonds. The van der Waals surface area contributed by atoms with Gasteiger partial charge in [-0.15, -0.1) is 0 Å². The van der Waals surface area contributed by atoms with Crippen LogP contribution in [-0.2, 0) is 11.3 Å². The number of benzene rings is 1. The number of hydrogen-bond acceptors (Lipinski definition) is 5. The molecule has 6 nitrogen and oxygen atoms in total. The van der Waals surface area contributed by atoms with Crippen LogP contribution < -0.4 is 26.8 Å². The molecule has 0 bridgehead atoms. The van der Waals surface area contributed by atoms with Crippen LogP contribution in [-0.4, -0.2) is 31.1 Å². The molecule has 0 saturated heterocycles. The molecule has 2 unspecified atom stereocenters. The minimum Gasteiger partial charge on any atom is -0.479 e. The van der Waals surface area contributed by atoms with Gasteiger partial charge in [0.15, 0.2) is 6.10 Å². The van der Waals surface area contributed by atoms with Crippen LogP contribution in [0.2, 0.25) is 0 Å². The second-order valence-corrected chi connectivity index (χ2v) is 4.71.